The van der Waals surface area contributed by atoms with Crippen LogP contribution in [-0.4, -0.2) is 50.6 Å². The number of anilines is 1. The summed E-state index contributed by atoms with van der Waals surface area (Å²) in [5, 5.41) is 4.97. The Morgan fingerprint density at radius 3 is 2.12 bits per heavy atom. The number of piperazine rings is 1. The zero-order valence-corrected chi connectivity index (χ0v) is 16.9. The molecule has 4 nitrogen and oxygen atoms in total. The maximum Gasteiger partial charge on any atom is 0.236 e. The second-order valence-corrected chi connectivity index (χ2v) is 7.07. The Kier molecular flexibility index (Phi) is 8.52. The average Bonchev–Trinajstić information content (AvgIpc) is 2.63. The van der Waals surface area contributed by atoms with Crippen LogP contribution in [0.5, 0.6) is 0 Å². The van der Waals surface area contributed by atoms with Crippen molar-refractivity contribution in [3.05, 3.63) is 63.6 Å². The van der Waals surface area contributed by atoms with Crippen molar-refractivity contribution in [2.45, 2.75) is 0 Å². The number of nitrogens with one attached hydrogen (secondary N) is 1. The second kappa shape index (κ2) is 10.6. The summed E-state index contributed by atoms with van der Waals surface area (Å²) in [6.07, 6.45) is 0. The summed E-state index contributed by atoms with van der Waals surface area (Å²) in [7, 11) is 1.78. The molecule has 0 atom stereocenters. The van der Waals surface area contributed by atoms with E-state index < -0.39 is 0 Å². The molecular formula is C19H22Cl3N3O. The molecule has 7 heteroatoms. The molecule has 1 N–H and O–H groups in total. The number of likely N-dealkylation sites (N-methyl/N-ethyl adjacent to an activating group) is 1. The molecule has 0 unspecified atom stereocenters. The molecule has 1 fully saturated rings. The summed E-state index contributed by atoms with van der Waals surface area (Å²) in [5.74, 6) is 0.143. The van der Waals surface area contributed by atoms with Gasteiger partial charge in [-0.15, -0.1) is 0 Å². The van der Waals surface area contributed by atoms with E-state index in [9.17, 15) is 4.79 Å². The number of carbonyl (C=O) groups excluding carboxylic acids is 1. The molecule has 3 rings (SSSR count). The zero-order chi connectivity index (χ0) is 18.9. The normalized spacial score (nSPS) is 13.8. The maximum atomic E-state index is 11.8. The molecule has 1 aliphatic rings. The van der Waals surface area contributed by atoms with Crippen LogP contribution in [-0.2, 0) is 4.79 Å². The highest BCUT2D eigenvalue weighted by atomic mass is 35.5. The number of halogens is 3. The Morgan fingerprint density at radius 2 is 1.62 bits per heavy atom. The lowest BCUT2D eigenvalue weighted by Gasteiger charge is -2.36. The molecule has 26 heavy (non-hydrogen) atoms. The van der Waals surface area contributed by atoms with Gasteiger partial charge in [0.1, 0.15) is 0 Å². The molecular weight excluding hydrogens is 393 g/mol. The number of hydrogen-bond acceptors (Lipinski definition) is 3. The van der Waals surface area contributed by atoms with E-state index in [4.69, 9.17) is 34.8 Å². The molecule has 140 valence electrons. The van der Waals surface area contributed by atoms with E-state index in [0.717, 1.165) is 36.9 Å². The summed E-state index contributed by atoms with van der Waals surface area (Å²) in [6, 6.07) is 15.0. The van der Waals surface area contributed by atoms with E-state index >= 15 is 0 Å². The Bertz CT molecular complexity index is 704. The van der Waals surface area contributed by atoms with E-state index in [2.05, 4.69) is 10.2 Å². The van der Waals surface area contributed by atoms with Crippen LogP contribution in [0.25, 0.3) is 0 Å². The Morgan fingerprint density at radius 1 is 0.962 bits per heavy atom. The van der Waals surface area contributed by atoms with Gasteiger partial charge in [-0.2, -0.15) is 0 Å². The van der Waals surface area contributed by atoms with Crippen LogP contribution < -0.4 is 10.2 Å². The number of amides is 1. The van der Waals surface area contributed by atoms with Crippen LogP contribution in [0.15, 0.2) is 48.5 Å². The predicted molar refractivity (Wildman–Crippen MR) is 111 cm³/mol. The minimum Gasteiger partial charge on any atom is -0.367 e. The molecule has 0 aromatic heterocycles. The maximum absolute atomic E-state index is 11.8. The van der Waals surface area contributed by atoms with E-state index in [1.54, 1.807) is 13.1 Å². The van der Waals surface area contributed by atoms with Crippen LogP contribution in [0.2, 0.25) is 15.1 Å². The van der Waals surface area contributed by atoms with Crippen molar-refractivity contribution >= 4 is 46.4 Å². The number of benzene rings is 2. The van der Waals surface area contributed by atoms with Crippen molar-refractivity contribution in [1.29, 1.82) is 0 Å². The summed E-state index contributed by atoms with van der Waals surface area (Å²) in [5.41, 5.74) is 0.979. The van der Waals surface area contributed by atoms with Crippen LogP contribution >= 0.6 is 34.8 Å². The monoisotopic (exact) mass is 413 g/mol. The van der Waals surface area contributed by atoms with E-state index in [1.807, 2.05) is 47.4 Å². The molecule has 0 spiro atoms. The lowest BCUT2D eigenvalue weighted by atomic mass is 10.2. The van der Waals surface area contributed by atoms with Gasteiger partial charge < -0.3 is 15.1 Å². The van der Waals surface area contributed by atoms with Crippen LogP contribution in [0.1, 0.15) is 0 Å². The van der Waals surface area contributed by atoms with Gasteiger partial charge >= 0.3 is 0 Å². The molecule has 1 amide bonds. The third-order valence-electron chi connectivity index (χ3n) is 3.94. The highest BCUT2D eigenvalue weighted by molar-refractivity contribution is 6.36. The second-order valence-electron chi connectivity index (χ2n) is 5.79. The Hall–Kier alpha value is -1.46. The lowest BCUT2D eigenvalue weighted by molar-refractivity contribution is -0.130. The van der Waals surface area contributed by atoms with Gasteiger partial charge in [0.2, 0.25) is 5.91 Å². The fourth-order valence-corrected chi connectivity index (χ4v) is 3.29. The van der Waals surface area contributed by atoms with E-state index in [-0.39, 0.29) is 5.91 Å². The van der Waals surface area contributed by atoms with Gasteiger partial charge in [-0.3, -0.25) is 4.79 Å². The summed E-state index contributed by atoms with van der Waals surface area (Å²) in [6.45, 7) is 3.41. The van der Waals surface area contributed by atoms with Gasteiger partial charge in [-0.05, 0) is 37.4 Å². The van der Waals surface area contributed by atoms with Crippen molar-refractivity contribution in [1.82, 2.24) is 10.2 Å². The van der Waals surface area contributed by atoms with Gasteiger partial charge in [0.25, 0.3) is 0 Å². The van der Waals surface area contributed by atoms with Crippen molar-refractivity contribution in [3.63, 3.8) is 0 Å². The van der Waals surface area contributed by atoms with E-state index in [1.165, 1.54) is 0 Å². The minimum absolute atomic E-state index is 0.143. The molecule has 0 radical (unpaired) electrons. The van der Waals surface area contributed by atoms with Gasteiger partial charge in [0.15, 0.2) is 0 Å². The van der Waals surface area contributed by atoms with Gasteiger partial charge in [-0.25, -0.2) is 0 Å². The van der Waals surface area contributed by atoms with E-state index in [0.29, 0.717) is 16.6 Å². The Balaban J connectivity index is 0.000000290. The van der Waals surface area contributed by atoms with Crippen molar-refractivity contribution in [3.8, 4) is 0 Å². The minimum atomic E-state index is 0.143. The Labute approximate surface area is 169 Å². The highest BCUT2D eigenvalue weighted by Crippen LogP contribution is 2.29. The zero-order valence-electron chi connectivity index (χ0n) is 14.6. The van der Waals surface area contributed by atoms with Crippen molar-refractivity contribution in [2.75, 3.05) is 44.7 Å². The molecule has 0 saturated carbocycles. The number of hydrogen-bond donors (Lipinski definition) is 1. The summed E-state index contributed by atoms with van der Waals surface area (Å²) in [4.78, 5) is 15.8. The highest BCUT2D eigenvalue weighted by Gasteiger charge is 2.21. The van der Waals surface area contributed by atoms with Gasteiger partial charge in [0, 0.05) is 36.2 Å². The SMILES string of the molecule is CNCC(=O)N1CCN(c2ccc(Cl)cc2Cl)CC1.Clc1ccccc1. The molecule has 1 heterocycles. The van der Waals surface area contributed by atoms with Crippen molar-refractivity contribution in [2.24, 2.45) is 0 Å². The molecule has 2 aromatic carbocycles. The first-order chi connectivity index (χ1) is 12.5. The topological polar surface area (TPSA) is 35.6 Å². The number of nitrogens with zero attached hydrogens (tertiary/aromatic N) is 2. The quantitative estimate of drug-likeness (QED) is 0.817. The molecule has 1 saturated heterocycles. The fraction of sp³-hybridized carbons (Fsp3) is 0.316. The van der Waals surface area contributed by atoms with Crippen LogP contribution in [0.3, 0.4) is 0 Å². The average molecular weight is 415 g/mol. The molecule has 0 aliphatic carbocycles. The van der Waals surface area contributed by atoms with Gasteiger partial charge in [0.05, 0.1) is 17.3 Å². The summed E-state index contributed by atoms with van der Waals surface area (Å²) < 4.78 is 0. The van der Waals surface area contributed by atoms with Crippen molar-refractivity contribution < 1.29 is 4.79 Å². The standard InChI is InChI=1S/C13H17Cl2N3O.C6H5Cl/c1-16-9-13(19)18-6-4-17(5-7-18)12-3-2-10(14)8-11(12)15;7-6-4-2-1-3-5-6/h2-3,8,16H,4-7,9H2,1H3;1-5H. The number of carbonyl (C=O) groups is 1. The van der Waals surface area contributed by atoms with Gasteiger partial charge in [-0.1, -0.05) is 53.0 Å². The number of rotatable bonds is 3. The lowest BCUT2D eigenvalue weighted by Crippen LogP contribution is -2.50. The third kappa shape index (κ3) is 6.36. The molecule has 0 bridgehead atoms. The molecule has 2 aromatic rings. The van der Waals surface area contributed by atoms with Crippen LogP contribution in [0, 0.1) is 0 Å². The largest absolute Gasteiger partial charge is 0.367 e. The van der Waals surface area contributed by atoms with Crippen LogP contribution in [0.4, 0.5) is 5.69 Å². The fourth-order valence-electron chi connectivity index (χ4n) is 2.61. The summed E-state index contributed by atoms with van der Waals surface area (Å²) >= 11 is 17.6. The molecule has 1 aliphatic heterocycles. The smallest absolute Gasteiger partial charge is 0.236 e. The predicted octanol–water partition coefficient (Wildman–Crippen LogP) is 4.20. The third-order valence-corrected chi connectivity index (χ3v) is 4.73. The first-order valence-corrected chi connectivity index (χ1v) is 9.47. The first kappa shape index (κ1) is 20.8. The first-order valence-electron chi connectivity index (χ1n) is 8.34.